The van der Waals surface area contributed by atoms with Gasteiger partial charge in [-0.1, -0.05) is 69.5 Å². The largest absolute Gasteiger partial charge is 0.477 e. The molecule has 1 atom stereocenters. The predicted molar refractivity (Wildman–Crippen MR) is 126 cm³/mol. The van der Waals surface area contributed by atoms with Crippen molar-refractivity contribution in [2.45, 2.75) is 58.8 Å². The topological polar surface area (TPSA) is 64.3 Å². The number of hydrogen-bond acceptors (Lipinski definition) is 3. The number of nitrogens with zero attached hydrogens (tertiary/aromatic N) is 2. The molecular weight excluding hydrogens is 384 g/mol. The second kappa shape index (κ2) is 10.3. The zero-order valence-corrected chi connectivity index (χ0v) is 18.6. The fourth-order valence-corrected chi connectivity index (χ4v) is 4.47. The molecule has 0 amide bonds. The molecule has 1 aliphatic heterocycles. The number of carboxylic acid groups (broad SMARTS) is 1. The number of nitriles is 1. The van der Waals surface area contributed by atoms with E-state index in [2.05, 4.69) is 55.2 Å². The number of anilines is 1. The van der Waals surface area contributed by atoms with E-state index < -0.39 is 5.97 Å². The van der Waals surface area contributed by atoms with Crippen molar-refractivity contribution in [3.8, 4) is 6.07 Å². The molecule has 0 aromatic heterocycles. The van der Waals surface area contributed by atoms with Gasteiger partial charge in [0.25, 0.3) is 0 Å². The summed E-state index contributed by atoms with van der Waals surface area (Å²) in [6.07, 6.45) is 17.5. The number of hydrogen-bond donors (Lipinski definition) is 1. The first-order valence-corrected chi connectivity index (χ1v) is 11.3. The van der Waals surface area contributed by atoms with Gasteiger partial charge in [0.05, 0.1) is 0 Å². The van der Waals surface area contributed by atoms with Gasteiger partial charge >= 0.3 is 5.97 Å². The molecule has 31 heavy (non-hydrogen) atoms. The molecule has 3 rings (SSSR count). The van der Waals surface area contributed by atoms with E-state index in [1.807, 2.05) is 6.08 Å². The number of aliphatic carboxylic acids is 1. The van der Waals surface area contributed by atoms with Gasteiger partial charge in [-0.25, -0.2) is 4.79 Å². The highest BCUT2D eigenvalue weighted by Crippen LogP contribution is 2.42. The molecule has 0 saturated carbocycles. The quantitative estimate of drug-likeness (QED) is 0.233. The summed E-state index contributed by atoms with van der Waals surface area (Å²) in [4.78, 5) is 13.5. The van der Waals surface area contributed by atoms with E-state index in [1.54, 1.807) is 12.1 Å². The van der Waals surface area contributed by atoms with Gasteiger partial charge in [0.2, 0.25) is 0 Å². The molecule has 2 aliphatic rings. The summed E-state index contributed by atoms with van der Waals surface area (Å²) in [6.45, 7) is 5.43. The van der Waals surface area contributed by atoms with Crippen LogP contribution in [-0.4, -0.2) is 17.6 Å². The first-order valence-electron chi connectivity index (χ1n) is 11.3. The Morgan fingerprint density at radius 1 is 1.26 bits per heavy atom. The van der Waals surface area contributed by atoms with Crippen LogP contribution in [0.5, 0.6) is 0 Å². The number of para-hydroxylation sites is 1. The Morgan fingerprint density at radius 2 is 2.06 bits per heavy atom. The zero-order chi connectivity index (χ0) is 22.3. The van der Waals surface area contributed by atoms with Gasteiger partial charge in [-0.2, -0.15) is 5.26 Å². The molecule has 1 aromatic carbocycles. The van der Waals surface area contributed by atoms with Gasteiger partial charge in [-0.3, -0.25) is 0 Å². The molecule has 0 radical (unpaired) electrons. The van der Waals surface area contributed by atoms with E-state index in [0.717, 1.165) is 25.8 Å². The van der Waals surface area contributed by atoms with E-state index in [-0.39, 0.29) is 11.0 Å². The smallest absolute Gasteiger partial charge is 0.346 e. The molecule has 0 spiro atoms. The van der Waals surface area contributed by atoms with Crippen LogP contribution in [0.15, 0.2) is 71.5 Å². The lowest BCUT2D eigenvalue weighted by Gasteiger charge is -2.34. The van der Waals surface area contributed by atoms with Crippen molar-refractivity contribution in [2.24, 2.45) is 5.41 Å². The van der Waals surface area contributed by atoms with Crippen LogP contribution in [0.1, 0.15) is 57.9 Å². The van der Waals surface area contributed by atoms with Crippen LogP contribution in [0.4, 0.5) is 5.69 Å². The molecule has 0 fully saturated rings. The summed E-state index contributed by atoms with van der Waals surface area (Å²) in [5, 5.41) is 18.0. The number of aryl methyl sites for hydroxylation is 1. The van der Waals surface area contributed by atoms with Gasteiger partial charge in [-0.05, 0) is 55.0 Å². The summed E-state index contributed by atoms with van der Waals surface area (Å²) in [5.74, 6) is -1.19. The minimum Gasteiger partial charge on any atom is -0.477 e. The number of unbranched alkanes of at least 4 members (excludes halogenated alkanes) is 3. The van der Waals surface area contributed by atoms with Gasteiger partial charge in [0, 0.05) is 23.3 Å². The maximum atomic E-state index is 11.0. The highest BCUT2D eigenvalue weighted by molar-refractivity contribution is 5.91. The molecule has 162 valence electrons. The average Bonchev–Trinajstić information content (AvgIpc) is 2.90. The van der Waals surface area contributed by atoms with Crippen molar-refractivity contribution < 1.29 is 9.90 Å². The average molecular weight is 417 g/mol. The van der Waals surface area contributed by atoms with Crippen LogP contribution in [0, 0.1) is 16.7 Å². The van der Waals surface area contributed by atoms with E-state index >= 15 is 0 Å². The highest BCUT2D eigenvalue weighted by atomic mass is 16.4. The van der Waals surface area contributed by atoms with Crippen molar-refractivity contribution in [3.63, 3.8) is 0 Å². The standard InChI is InChI=1S/C27H32N2O2/c1-3-4-5-8-18-29-24-12-7-6-10-21(24)13-14-22-19-27(2,17-15-25(22)29)16-9-11-23(20-28)26(30)31/h6-7,9-12,15-17H,3-5,8,13-14,18-19H2,1-2H3,(H,30,31)/b16-9+,23-11-. The molecule has 0 bridgehead atoms. The van der Waals surface area contributed by atoms with Gasteiger partial charge in [0.15, 0.2) is 0 Å². The van der Waals surface area contributed by atoms with Crippen molar-refractivity contribution in [3.05, 3.63) is 77.1 Å². The summed E-state index contributed by atoms with van der Waals surface area (Å²) in [5.41, 5.74) is 5.06. The Bertz CT molecular complexity index is 977. The lowest BCUT2D eigenvalue weighted by Crippen LogP contribution is -2.27. The van der Waals surface area contributed by atoms with Gasteiger partial charge in [0.1, 0.15) is 11.6 Å². The highest BCUT2D eigenvalue weighted by Gasteiger charge is 2.29. The summed E-state index contributed by atoms with van der Waals surface area (Å²) < 4.78 is 0. The lowest BCUT2D eigenvalue weighted by atomic mass is 9.77. The van der Waals surface area contributed by atoms with Crippen molar-refractivity contribution in [1.29, 1.82) is 5.26 Å². The normalized spacial score (nSPS) is 20.9. The summed E-state index contributed by atoms with van der Waals surface area (Å²) in [7, 11) is 0. The Morgan fingerprint density at radius 3 is 2.81 bits per heavy atom. The second-order valence-electron chi connectivity index (χ2n) is 8.70. The summed E-state index contributed by atoms with van der Waals surface area (Å²) in [6, 6.07) is 10.5. The Balaban J connectivity index is 1.85. The monoisotopic (exact) mass is 416 g/mol. The third-order valence-corrected chi connectivity index (χ3v) is 6.17. The maximum Gasteiger partial charge on any atom is 0.346 e. The Labute approximate surface area is 185 Å². The fourth-order valence-electron chi connectivity index (χ4n) is 4.47. The zero-order valence-electron chi connectivity index (χ0n) is 18.6. The van der Waals surface area contributed by atoms with Crippen LogP contribution in [-0.2, 0) is 11.2 Å². The molecule has 4 heteroatoms. The molecule has 4 nitrogen and oxygen atoms in total. The van der Waals surface area contributed by atoms with E-state index in [0.29, 0.717) is 0 Å². The number of carboxylic acids is 1. The van der Waals surface area contributed by atoms with Crippen LogP contribution in [0.2, 0.25) is 0 Å². The number of rotatable bonds is 8. The lowest BCUT2D eigenvalue weighted by molar-refractivity contribution is -0.132. The van der Waals surface area contributed by atoms with Crippen LogP contribution >= 0.6 is 0 Å². The summed E-state index contributed by atoms with van der Waals surface area (Å²) >= 11 is 0. The fraction of sp³-hybridized carbons (Fsp3) is 0.407. The third-order valence-electron chi connectivity index (χ3n) is 6.17. The molecule has 1 unspecified atom stereocenters. The minimum atomic E-state index is -1.19. The van der Waals surface area contributed by atoms with E-state index in [1.165, 1.54) is 54.3 Å². The molecule has 1 aliphatic carbocycles. The predicted octanol–water partition coefficient (Wildman–Crippen LogP) is 6.33. The minimum absolute atomic E-state index is 0.196. The number of allylic oxidation sites excluding steroid dienone is 6. The number of carbonyl (C=O) groups is 1. The van der Waals surface area contributed by atoms with Gasteiger partial charge < -0.3 is 10.0 Å². The van der Waals surface area contributed by atoms with E-state index in [9.17, 15) is 4.79 Å². The van der Waals surface area contributed by atoms with Crippen LogP contribution in [0.3, 0.4) is 0 Å². The van der Waals surface area contributed by atoms with Crippen LogP contribution in [0.25, 0.3) is 0 Å². The molecular formula is C27H32N2O2. The molecule has 1 aromatic rings. The first kappa shape index (κ1) is 22.6. The van der Waals surface area contributed by atoms with Crippen LogP contribution < -0.4 is 4.90 Å². The van der Waals surface area contributed by atoms with Crippen molar-refractivity contribution >= 4 is 11.7 Å². The number of benzene rings is 1. The SMILES string of the molecule is CCCCCCN1C2=C(CCc3ccccc31)CC(C)(/C=C/C=C(/C#N)C(=O)O)C=C2. The number of fused-ring (bicyclic) bond motifs is 1. The van der Waals surface area contributed by atoms with Crippen molar-refractivity contribution in [1.82, 2.24) is 0 Å². The first-order chi connectivity index (χ1) is 15.0. The Kier molecular flexibility index (Phi) is 7.52. The molecule has 0 saturated heterocycles. The Hall–Kier alpha value is -3.06. The van der Waals surface area contributed by atoms with E-state index in [4.69, 9.17) is 10.4 Å². The maximum absolute atomic E-state index is 11.0. The second-order valence-corrected chi connectivity index (χ2v) is 8.70. The molecule has 1 N–H and O–H groups in total. The molecule has 1 heterocycles. The third kappa shape index (κ3) is 5.55. The van der Waals surface area contributed by atoms with Crippen molar-refractivity contribution in [2.75, 3.05) is 11.4 Å². The van der Waals surface area contributed by atoms with Gasteiger partial charge in [-0.15, -0.1) is 0 Å².